The van der Waals surface area contributed by atoms with E-state index < -0.39 is 23.8 Å². The Labute approximate surface area is 272 Å². The summed E-state index contributed by atoms with van der Waals surface area (Å²) in [5, 5.41) is 0. The largest absolute Gasteiger partial charge is 0.338 e. The van der Waals surface area contributed by atoms with Crippen LogP contribution >= 0.6 is 0 Å². The van der Waals surface area contributed by atoms with E-state index in [4.69, 9.17) is 0 Å². The molecule has 0 saturated heterocycles. The summed E-state index contributed by atoms with van der Waals surface area (Å²) in [5.41, 5.74) is 13.9. The van der Waals surface area contributed by atoms with Crippen molar-refractivity contribution in [1.82, 2.24) is 0 Å². The molecule has 3 heteroatoms. The van der Waals surface area contributed by atoms with Gasteiger partial charge in [0.25, 0.3) is 6.71 Å². The van der Waals surface area contributed by atoms with Gasteiger partial charge in [0.05, 0.1) is 2.74 Å². The summed E-state index contributed by atoms with van der Waals surface area (Å²) in [5.74, 6) is -2.17. The van der Waals surface area contributed by atoms with Crippen molar-refractivity contribution in [2.24, 2.45) is 0 Å². The normalized spacial score (nSPS) is 32.3. The zero-order chi connectivity index (χ0) is 32.9. The Morgan fingerprint density at radius 2 is 0.978 bits per heavy atom. The van der Waals surface area contributed by atoms with Crippen LogP contribution in [-0.2, 0) is 0 Å². The third-order valence-corrected chi connectivity index (χ3v) is 11.5. The van der Waals surface area contributed by atoms with Crippen molar-refractivity contribution in [3.8, 4) is 22.3 Å². The van der Waals surface area contributed by atoms with E-state index in [1.165, 1.54) is 0 Å². The topological polar surface area (TPSA) is 6.48 Å². The van der Waals surface area contributed by atoms with E-state index in [1.807, 2.05) is 12.1 Å². The average molecular weight is 585 g/mol. The first-order chi connectivity index (χ1) is 23.8. The van der Waals surface area contributed by atoms with Crippen LogP contribution in [0.25, 0.3) is 22.3 Å². The van der Waals surface area contributed by atoms with Gasteiger partial charge in [0.15, 0.2) is 0 Å². The highest BCUT2D eigenvalue weighted by Gasteiger charge is 2.54. The lowest BCUT2D eigenvalue weighted by Gasteiger charge is -2.45. The molecule has 6 aliphatic rings. The first kappa shape index (κ1) is 21.5. The van der Waals surface area contributed by atoms with Gasteiger partial charge in [-0.05, 0) is 87.6 Å². The van der Waals surface area contributed by atoms with Gasteiger partial charge in [-0.1, -0.05) is 117 Å². The predicted molar refractivity (Wildman–Crippen MR) is 189 cm³/mol. The Balaban J connectivity index is 1.27. The Kier molecular flexibility index (Phi) is 4.38. The van der Waals surface area contributed by atoms with E-state index in [-0.39, 0.29) is 6.71 Å². The van der Waals surface area contributed by atoms with Crippen LogP contribution in [0.2, 0.25) is 0 Å². The number of nitrogens with zero attached hydrogens (tertiary/aromatic N) is 2. The SMILES string of the molecule is [2H]C12CCCCC1([2H])N1c3cccc4c3B(c3ccc(-c5ccccc5)c2c31)c1ccc(-c2ccccc2)c2c1N4C1([2H])CCCCC21[2H]. The summed E-state index contributed by atoms with van der Waals surface area (Å²) >= 11 is 0. The third-order valence-electron chi connectivity index (χ3n) is 11.5. The molecule has 0 amide bonds. The van der Waals surface area contributed by atoms with Gasteiger partial charge in [-0.15, -0.1) is 0 Å². The van der Waals surface area contributed by atoms with E-state index in [1.54, 1.807) is 0 Å². The highest BCUT2D eigenvalue weighted by atomic mass is 15.2. The molecule has 5 aromatic rings. The van der Waals surface area contributed by atoms with Crippen LogP contribution in [0.5, 0.6) is 0 Å². The lowest BCUT2D eigenvalue weighted by atomic mass is 9.33. The van der Waals surface area contributed by atoms with Crippen molar-refractivity contribution in [3.05, 3.63) is 114 Å². The molecule has 2 saturated carbocycles. The first-order valence-electron chi connectivity index (χ1n) is 19.0. The van der Waals surface area contributed by atoms with Crippen LogP contribution < -0.4 is 26.2 Å². The summed E-state index contributed by atoms with van der Waals surface area (Å²) < 4.78 is 41.4. The number of hydrogen-bond acceptors (Lipinski definition) is 2. The zero-order valence-corrected chi connectivity index (χ0v) is 25.4. The zero-order valence-electron chi connectivity index (χ0n) is 29.4. The molecule has 0 radical (unpaired) electrons. The van der Waals surface area contributed by atoms with Crippen LogP contribution in [0.15, 0.2) is 103 Å². The second-order valence-corrected chi connectivity index (χ2v) is 13.7. The summed E-state index contributed by atoms with van der Waals surface area (Å²) in [6.45, 7) is -0.115. The maximum absolute atomic E-state index is 10.4. The Morgan fingerprint density at radius 1 is 0.511 bits per heavy atom. The van der Waals surface area contributed by atoms with Crippen LogP contribution in [0.4, 0.5) is 22.7 Å². The van der Waals surface area contributed by atoms with E-state index in [0.717, 1.165) is 98.2 Å². The minimum atomic E-state index is -1.15. The van der Waals surface area contributed by atoms with Gasteiger partial charge in [0, 0.05) is 49.3 Å². The van der Waals surface area contributed by atoms with Gasteiger partial charge >= 0.3 is 0 Å². The molecule has 5 aromatic carbocycles. The molecule has 2 nitrogen and oxygen atoms in total. The van der Waals surface area contributed by atoms with Gasteiger partial charge in [-0.3, -0.25) is 0 Å². The second kappa shape index (κ2) is 9.16. The fraction of sp³-hybridized carbons (Fsp3) is 0.286. The second-order valence-electron chi connectivity index (χ2n) is 13.7. The molecule has 4 heterocycles. The van der Waals surface area contributed by atoms with E-state index >= 15 is 0 Å². The quantitative estimate of drug-likeness (QED) is 0.192. The minimum Gasteiger partial charge on any atom is -0.338 e. The molecule has 45 heavy (non-hydrogen) atoms. The maximum Gasteiger partial charge on any atom is 0.252 e. The molecule has 2 aliphatic carbocycles. The Morgan fingerprint density at radius 3 is 1.47 bits per heavy atom. The molecule has 0 N–H and O–H groups in total. The highest BCUT2D eigenvalue weighted by Crippen LogP contribution is 2.58. The van der Waals surface area contributed by atoms with Crippen LogP contribution in [0.1, 0.15) is 79.8 Å². The number of anilines is 4. The van der Waals surface area contributed by atoms with E-state index in [9.17, 15) is 5.48 Å². The van der Waals surface area contributed by atoms with Gasteiger partial charge in [-0.2, -0.15) is 0 Å². The highest BCUT2D eigenvalue weighted by molar-refractivity contribution is 7.00. The van der Waals surface area contributed by atoms with E-state index in [2.05, 4.69) is 101 Å². The first-order valence-corrected chi connectivity index (χ1v) is 17.0. The molecule has 11 rings (SSSR count). The predicted octanol–water partition coefficient (Wildman–Crippen LogP) is 8.52. The van der Waals surface area contributed by atoms with Crippen LogP contribution in [0, 0.1) is 0 Å². The summed E-state index contributed by atoms with van der Waals surface area (Å²) in [7, 11) is 0. The van der Waals surface area contributed by atoms with Crippen molar-refractivity contribution in [1.29, 1.82) is 0 Å². The number of benzene rings is 5. The number of hydrogen-bond donors (Lipinski definition) is 0. The molecule has 0 aromatic heterocycles. The van der Waals surface area contributed by atoms with Gasteiger partial charge in [-0.25, -0.2) is 0 Å². The third kappa shape index (κ3) is 3.17. The van der Waals surface area contributed by atoms with Gasteiger partial charge in [0.1, 0.15) is 0 Å². The molecule has 4 atom stereocenters. The fourth-order valence-electron chi connectivity index (χ4n) is 9.81. The van der Waals surface area contributed by atoms with Crippen molar-refractivity contribution in [3.63, 3.8) is 0 Å². The molecule has 4 aliphatic heterocycles. The lowest BCUT2D eigenvalue weighted by Crippen LogP contribution is -2.62. The number of rotatable bonds is 2. The lowest BCUT2D eigenvalue weighted by molar-refractivity contribution is 0.401. The molecular formula is C42H37BN2. The smallest absolute Gasteiger partial charge is 0.252 e. The molecule has 218 valence electrons. The average Bonchev–Trinajstić information content (AvgIpc) is 3.49. The van der Waals surface area contributed by atoms with Crippen molar-refractivity contribution in [2.75, 3.05) is 9.80 Å². The van der Waals surface area contributed by atoms with Gasteiger partial charge in [0.2, 0.25) is 0 Å². The summed E-state index contributed by atoms with van der Waals surface area (Å²) in [4.78, 5) is 4.52. The van der Waals surface area contributed by atoms with Crippen LogP contribution in [0.3, 0.4) is 0 Å². The standard InChI is InChI=1S/C42H37BN2/c1-3-12-26(13-4-1)28-22-24-32-41-38(28)30-16-7-9-18-34(30)44(41)36-20-11-21-37-40(36)43(32)33-25-23-29(27-14-5-2-6-15-27)39-31-17-8-10-19-35(31)45(37)42(33)39/h1-6,11-15,20-25,30-31,34-35H,7-10,16-19H2/i30D,31D,34D,35D. The molecule has 0 bridgehead atoms. The van der Waals surface area contributed by atoms with E-state index in [0.29, 0.717) is 25.7 Å². The van der Waals surface area contributed by atoms with Crippen molar-refractivity contribution >= 4 is 45.9 Å². The maximum atomic E-state index is 10.4. The Hall–Kier alpha value is -4.24. The fourth-order valence-corrected chi connectivity index (χ4v) is 9.81. The molecule has 0 spiro atoms. The summed E-state index contributed by atoms with van der Waals surface area (Å²) in [6, 6.07) is 34.1. The minimum absolute atomic E-state index is 0.115. The van der Waals surface area contributed by atoms with Crippen LogP contribution in [-0.4, -0.2) is 18.7 Å². The Bertz CT molecular complexity index is 2090. The van der Waals surface area contributed by atoms with Gasteiger partial charge < -0.3 is 9.80 Å². The van der Waals surface area contributed by atoms with Crippen molar-refractivity contribution < 1.29 is 5.48 Å². The molecule has 2 fully saturated rings. The molecule has 4 unspecified atom stereocenters. The summed E-state index contributed by atoms with van der Waals surface area (Å²) in [6.07, 6.45) is 6.35. The monoisotopic (exact) mass is 584 g/mol. The molecular weight excluding hydrogens is 543 g/mol. The number of fused-ring (bicyclic) bond motifs is 10. The van der Waals surface area contributed by atoms with Crippen molar-refractivity contribution in [2.45, 2.75) is 75.2 Å².